The van der Waals surface area contributed by atoms with Crippen molar-refractivity contribution < 1.29 is 4.79 Å². The zero-order valence-corrected chi connectivity index (χ0v) is 8.20. The molecule has 1 amide bonds. The van der Waals surface area contributed by atoms with Crippen LogP contribution in [0, 0.1) is 5.92 Å². The standard InChI is InChI=1S/C8H14N2OS/c1-4-5-9-8(12)10-7(11)6(2)3/h4,6H,1,5H2,2-3H3,(H2,9,10,11,12). The van der Waals surface area contributed by atoms with E-state index >= 15 is 0 Å². The van der Waals surface area contributed by atoms with Gasteiger partial charge in [-0.15, -0.1) is 6.58 Å². The Morgan fingerprint density at radius 3 is 2.67 bits per heavy atom. The summed E-state index contributed by atoms with van der Waals surface area (Å²) in [6.45, 7) is 7.70. The van der Waals surface area contributed by atoms with Crippen LogP contribution in [0.2, 0.25) is 0 Å². The molecule has 0 radical (unpaired) electrons. The van der Waals surface area contributed by atoms with Gasteiger partial charge in [-0.2, -0.15) is 0 Å². The zero-order chi connectivity index (χ0) is 9.56. The molecule has 0 atom stereocenters. The lowest BCUT2D eigenvalue weighted by Crippen LogP contribution is -2.41. The van der Waals surface area contributed by atoms with E-state index in [-0.39, 0.29) is 11.8 Å². The van der Waals surface area contributed by atoms with Crippen molar-refractivity contribution in [1.82, 2.24) is 10.6 Å². The van der Waals surface area contributed by atoms with Gasteiger partial charge in [0.1, 0.15) is 0 Å². The molecule has 68 valence electrons. The summed E-state index contributed by atoms with van der Waals surface area (Å²) in [5, 5.41) is 5.70. The SMILES string of the molecule is C=CCNC(=S)NC(=O)C(C)C. The van der Waals surface area contributed by atoms with Gasteiger partial charge in [-0.25, -0.2) is 0 Å². The maximum absolute atomic E-state index is 11.1. The molecule has 0 unspecified atom stereocenters. The molecule has 0 heterocycles. The van der Waals surface area contributed by atoms with Crippen molar-refractivity contribution in [3.05, 3.63) is 12.7 Å². The first kappa shape index (κ1) is 11.1. The summed E-state index contributed by atoms with van der Waals surface area (Å²) in [7, 11) is 0. The largest absolute Gasteiger partial charge is 0.359 e. The minimum absolute atomic E-state index is 0.0477. The van der Waals surface area contributed by atoms with Gasteiger partial charge >= 0.3 is 0 Å². The lowest BCUT2D eigenvalue weighted by molar-refractivity contribution is -0.122. The van der Waals surface area contributed by atoms with Crippen molar-refractivity contribution in [1.29, 1.82) is 0 Å². The van der Waals surface area contributed by atoms with Gasteiger partial charge in [0.25, 0.3) is 0 Å². The maximum Gasteiger partial charge on any atom is 0.228 e. The van der Waals surface area contributed by atoms with E-state index in [9.17, 15) is 4.79 Å². The topological polar surface area (TPSA) is 41.1 Å². The lowest BCUT2D eigenvalue weighted by atomic mass is 10.2. The Morgan fingerprint density at radius 1 is 1.67 bits per heavy atom. The normalized spacial score (nSPS) is 9.25. The minimum atomic E-state index is -0.0726. The van der Waals surface area contributed by atoms with Crippen LogP contribution in [-0.2, 0) is 4.79 Å². The van der Waals surface area contributed by atoms with Crippen molar-refractivity contribution in [2.24, 2.45) is 5.92 Å². The van der Waals surface area contributed by atoms with Gasteiger partial charge in [-0.1, -0.05) is 19.9 Å². The molecule has 12 heavy (non-hydrogen) atoms. The summed E-state index contributed by atoms with van der Waals surface area (Å²) in [6, 6.07) is 0. The first-order valence-electron chi connectivity index (χ1n) is 3.77. The van der Waals surface area contributed by atoms with E-state index in [1.807, 2.05) is 13.8 Å². The van der Waals surface area contributed by atoms with Crippen LogP contribution in [0.3, 0.4) is 0 Å². The average molecular weight is 186 g/mol. The Morgan fingerprint density at radius 2 is 2.25 bits per heavy atom. The number of carbonyl (C=O) groups excluding carboxylic acids is 1. The van der Waals surface area contributed by atoms with Crippen molar-refractivity contribution in [3.8, 4) is 0 Å². The first-order valence-corrected chi connectivity index (χ1v) is 4.18. The summed E-state index contributed by atoms with van der Waals surface area (Å²) in [5.74, 6) is -0.120. The number of hydrogen-bond acceptors (Lipinski definition) is 2. The highest BCUT2D eigenvalue weighted by molar-refractivity contribution is 7.80. The van der Waals surface area contributed by atoms with E-state index in [0.29, 0.717) is 11.7 Å². The molecule has 0 spiro atoms. The van der Waals surface area contributed by atoms with Gasteiger partial charge < -0.3 is 10.6 Å². The van der Waals surface area contributed by atoms with E-state index in [4.69, 9.17) is 12.2 Å². The zero-order valence-electron chi connectivity index (χ0n) is 7.39. The number of carbonyl (C=O) groups is 1. The second-order valence-corrected chi connectivity index (χ2v) is 3.05. The van der Waals surface area contributed by atoms with Crippen molar-refractivity contribution in [2.45, 2.75) is 13.8 Å². The highest BCUT2D eigenvalue weighted by Gasteiger charge is 2.07. The molecule has 0 saturated heterocycles. The van der Waals surface area contributed by atoms with Crippen LogP contribution in [0.4, 0.5) is 0 Å². The molecule has 0 bridgehead atoms. The first-order chi connectivity index (χ1) is 5.57. The Bertz CT molecular complexity index is 189. The van der Waals surface area contributed by atoms with Gasteiger partial charge in [-0.05, 0) is 12.2 Å². The Hall–Kier alpha value is -0.900. The fourth-order valence-corrected chi connectivity index (χ4v) is 0.649. The summed E-state index contributed by atoms with van der Waals surface area (Å²) in [4.78, 5) is 11.1. The number of nitrogens with one attached hydrogen (secondary N) is 2. The van der Waals surface area contributed by atoms with Crippen LogP contribution in [0.25, 0.3) is 0 Å². The smallest absolute Gasteiger partial charge is 0.228 e. The summed E-state index contributed by atoms with van der Waals surface area (Å²) >= 11 is 4.82. The van der Waals surface area contributed by atoms with Crippen LogP contribution >= 0.6 is 12.2 Å². The molecular weight excluding hydrogens is 172 g/mol. The van der Waals surface area contributed by atoms with Gasteiger partial charge in [0.2, 0.25) is 5.91 Å². The van der Waals surface area contributed by atoms with Crippen molar-refractivity contribution >= 4 is 23.2 Å². The van der Waals surface area contributed by atoms with Crippen LogP contribution in [0.1, 0.15) is 13.8 Å². The van der Waals surface area contributed by atoms with Gasteiger partial charge in [0.05, 0.1) is 0 Å². The van der Waals surface area contributed by atoms with Gasteiger partial charge in [0.15, 0.2) is 5.11 Å². The van der Waals surface area contributed by atoms with Crippen LogP contribution < -0.4 is 10.6 Å². The predicted octanol–water partition coefficient (Wildman–Crippen LogP) is 0.819. The highest BCUT2D eigenvalue weighted by Crippen LogP contribution is 1.89. The molecule has 0 aliphatic rings. The number of thiocarbonyl (C=S) groups is 1. The molecule has 0 aliphatic carbocycles. The third-order valence-corrected chi connectivity index (χ3v) is 1.41. The van der Waals surface area contributed by atoms with E-state index in [0.717, 1.165) is 0 Å². The maximum atomic E-state index is 11.1. The van der Waals surface area contributed by atoms with Crippen LogP contribution in [-0.4, -0.2) is 17.6 Å². The average Bonchev–Trinajstić information content (AvgIpc) is 2.00. The Labute approximate surface area is 78.2 Å². The fourth-order valence-electron chi connectivity index (χ4n) is 0.465. The Balaban J connectivity index is 3.69. The third-order valence-electron chi connectivity index (χ3n) is 1.17. The monoisotopic (exact) mass is 186 g/mol. The number of rotatable bonds is 3. The number of amides is 1. The van der Waals surface area contributed by atoms with Crippen LogP contribution in [0.5, 0.6) is 0 Å². The molecule has 0 aliphatic heterocycles. The lowest BCUT2D eigenvalue weighted by Gasteiger charge is -2.08. The molecule has 3 nitrogen and oxygen atoms in total. The quantitative estimate of drug-likeness (QED) is 0.506. The van der Waals surface area contributed by atoms with E-state index in [2.05, 4.69) is 17.2 Å². The van der Waals surface area contributed by atoms with Crippen LogP contribution in [0.15, 0.2) is 12.7 Å². The Kier molecular flexibility index (Phi) is 5.28. The minimum Gasteiger partial charge on any atom is -0.359 e. The molecule has 0 fully saturated rings. The molecule has 0 aromatic carbocycles. The van der Waals surface area contributed by atoms with E-state index in [1.54, 1.807) is 6.08 Å². The molecular formula is C8H14N2OS. The van der Waals surface area contributed by atoms with Crippen molar-refractivity contribution in [2.75, 3.05) is 6.54 Å². The van der Waals surface area contributed by atoms with Gasteiger partial charge in [0, 0.05) is 12.5 Å². The molecule has 0 saturated carbocycles. The second kappa shape index (κ2) is 5.71. The fraction of sp³-hybridized carbons (Fsp3) is 0.500. The number of hydrogen-bond donors (Lipinski definition) is 2. The highest BCUT2D eigenvalue weighted by atomic mass is 32.1. The molecule has 4 heteroatoms. The summed E-state index contributed by atoms with van der Waals surface area (Å²) in [6.07, 6.45) is 1.67. The molecule has 0 rings (SSSR count). The molecule has 2 N–H and O–H groups in total. The summed E-state index contributed by atoms with van der Waals surface area (Å²) in [5.41, 5.74) is 0. The van der Waals surface area contributed by atoms with Crippen molar-refractivity contribution in [3.63, 3.8) is 0 Å². The molecule has 0 aromatic heterocycles. The predicted molar refractivity (Wildman–Crippen MR) is 53.8 cm³/mol. The summed E-state index contributed by atoms with van der Waals surface area (Å²) < 4.78 is 0. The second-order valence-electron chi connectivity index (χ2n) is 2.64. The van der Waals surface area contributed by atoms with E-state index in [1.165, 1.54) is 0 Å². The molecule has 0 aromatic rings. The van der Waals surface area contributed by atoms with Gasteiger partial charge in [-0.3, -0.25) is 4.79 Å². The van der Waals surface area contributed by atoms with E-state index < -0.39 is 0 Å². The third kappa shape index (κ3) is 4.85.